The fraction of sp³-hybridized carbons (Fsp3) is 0.370. The largest absolute Gasteiger partial charge is 0.451 e. The first-order valence-corrected chi connectivity index (χ1v) is 14.8. The minimum atomic E-state index is -3.45. The molecule has 0 unspecified atom stereocenters. The predicted molar refractivity (Wildman–Crippen MR) is 143 cm³/mol. The Labute approximate surface area is 229 Å². The van der Waals surface area contributed by atoms with Crippen LogP contribution in [0.5, 0.6) is 0 Å². The highest BCUT2D eigenvalue weighted by molar-refractivity contribution is 7.90. The molecule has 1 spiro atoms. The van der Waals surface area contributed by atoms with E-state index in [1.807, 2.05) is 6.92 Å². The molecule has 1 fully saturated rings. The number of carbonyl (C=O) groups is 2. The summed E-state index contributed by atoms with van der Waals surface area (Å²) in [6, 6.07) is 9.84. The predicted octanol–water partition coefficient (Wildman–Crippen LogP) is 5.21. The van der Waals surface area contributed by atoms with Gasteiger partial charge in [-0.15, -0.1) is 0 Å². The van der Waals surface area contributed by atoms with Gasteiger partial charge in [0.25, 0.3) is 5.91 Å². The number of nitrogens with zero attached hydrogens (tertiary/aromatic N) is 1. The van der Waals surface area contributed by atoms with Gasteiger partial charge < -0.3 is 14.5 Å². The standard InChI is InChI=1S/C27H27ClFN3O6S/c1-15(30-25(33)23-13-17-12-18(29)3-6-22(17)37-23)11-16-7-9-27(10-8-16)24(31-32-26(34)38-27)20-5-4-19(14-21(20)28)39(2,35)36/h3-6,12-16H,7-11H2,1-2H3,(H,30,33)(H,32,34)/t15-,16?,27?/m0/s1. The minimum Gasteiger partial charge on any atom is -0.451 e. The zero-order valence-electron chi connectivity index (χ0n) is 21.3. The van der Waals surface area contributed by atoms with Gasteiger partial charge in [-0.1, -0.05) is 17.7 Å². The van der Waals surface area contributed by atoms with Gasteiger partial charge in [0.2, 0.25) is 0 Å². The van der Waals surface area contributed by atoms with Crippen LogP contribution in [0, 0.1) is 11.7 Å². The van der Waals surface area contributed by atoms with Crippen molar-refractivity contribution in [1.82, 2.24) is 10.7 Å². The van der Waals surface area contributed by atoms with E-state index in [-0.39, 0.29) is 33.5 Å². The lowest BCUT2D eigenvalue weighted by molar-refractivity contribution is 0.0154. The molecule has 5 rings (SSSR count). The van der Waals surface area contributed by atoms with Crippen molar-refractivity contribution in [3.63, 3.8) is 0 Å². The van der Waals surface area contributed by atoms with E-state index in [0.29, 0.717) is 54.3 Å². The normalized spacial score (nSPS) is 22.2. The second-order valence-electron chi connectivity index (χ2n) is 10.2. The van der Waals surface area contributed by atoms with Crippen molar-refractivity contribution in [2.45, 2.75) is 55.6 Å². The first-order chi connectivity index (χ1) is 18.4. The maximum absolute atomic E-state index is 13.5. The van der Waals surface area contributed by atoms with Crippen molar-refractivity contribution < 1.29 is 31.6 Å². The Bertz CT molecular complexity index is 1590. The van der Waals surface area contributed by atoms with Gasteiger partial charge in [-0.05, 0) is 81.3 Å². The van der Waals surface area contributed by atoms with E-state index in [4.69, 9.17) is 20.8 Å². The Kier molecular flexibility index (Phi) is 7.15. The summed E-state index contributed by atoms with van der Waals surface area (Å²) >= 11 is 6.46. The van der Waals surface area contributed by atoms with Gasteiger partial charge in [0, 0.05) is 23.2 Å². The first-order valence-electron chi connectivity index (χ1n) is 12.5. The minimum absolute atomic E-state index is 0.0845. The molecule has 206 valence electrons. The molecule has 39 heavy (non-hydrogen) atoms. The smallest absolute Gasteiger partial charge is 0.428 e. The number of amides is 2. The second kappa shape index (κ2) is 10.3. The summed E-state index contributed by atoms with van der Waals surface area (Å²) in [6.07, 6.45) is 3.52. The number of halogens is 2. The molecule has 12 heteroatoms. The van der Waals surface area contributed by atoms with Crippen LogP contribution in [0.1, 0.15) is 55.1 Å². The van der Waals surface area contributed by atoms with Crippen LogP contribution in [-0.4, -0.2) is 44.0 Å². The van der Waals surface area contributed by atoms with Gasteiger partial charge >= 0.3 is 6.09 Å². The van der Waals surface area contributed by atoms with Crippen molar-refractivity contribution in [3.8, 4) is 0 Å². The highest BCUT2D eigenvalue weighted by atomic mass is 35.5. The monoisotopic (exact) mass is 575 g/mol. The molecular formula is C27H27ClFN3O6S. The number of fused-ring (bicyclic) bond motifs is 1. The molecule has 0 radical (unpaired) electrons. The SMILES string of the molecule is C[C@@H](CC1CCC2(CC1)OC(=O)NN=C2c1ccc(S(C)(=O)=O)cc1Cl)NC(=O)c1cc2cc(F)ccc2o1. The van der Waals surface area contributed by atoms with Crippen LogP contribution in [0.15, 0.2) is 56.9 Å². The van der Waals surface area contributed by atoms with E-state index in [2.05, 4.69) is 15.8 Å². The fourth-order valence-electron chi connectivity index (χ4n) is 5.37. The molecule has 1 aromatic heterocycles. The quantitative estimate of drug-likeness (QED) is 0.415. The van der Waals surface area contributed by atoms with Crippen molar-refractivity contribution >= 4 is 50.1 Å². The van der Waals surface area contributed by atoms with Gasteiger partial charge in [-0.3, -0.25) is 4.79 Å². The lowest BCUT2D eigenvalue weighted by Crippen LogP contribution is -2.52. The van der Waals surface area contributed by atoms with E-state index < -0.39 is 27.3 Å². The summed E-state index contributed by atoms with van der Waals surface area (Å²) in [7, 11) is -3.45. The molecule has 1 atom stereocenters. The van der Waals surface area contributed by atoms with E-state index in [0.717, 1.165) is 6.26 Å². The molecule has 2 aliphatic rings. The zero-order chi connectivity index (χ0) is 27.9. The van der Waals surface area contributed by atoms with Gasteiger partial charge in [-0.25, -0.2) is 23.0 Å². The third kappa shape index (κ3) is 5.65. The molecule has 9 nitrogen and oxygen atoms in total. The lowest BCUT2D eigenvalue weighted by Gasteiger charge is -2.42. The number of hydrogen-bond donors (Lipinski definition) is 2. The second-order valence-corrected chi connectivity index (χ2v) is 12.6. The number of hydrazone groups is 1. The highest BCUT2D eigenvalue weighted by Gasteiger charge is 2.47. The molecule has 2 heterocycles. The molecule has 0 saturated heterocycles. The first kappa shape index (κ1) is 27.1. The van der Waals surface area contributed by atoms with E-state index >= 15 is 0 Å². The number of benzene rings is 2. The third-order valence-electron chi connectivity index (χ3n) is 7.28. The van der Waals surface area contributed by atoms with Crippen molar-refractivity contribution in [2.24, 2.45) is 11.0 Å². The summed E-state index contributed by atoms with van der Waals surface area (Å²) < 4.78 is 48.6. The number of ether oxygens (including phenoxy) is 1. The Balaban J connectivity index is 1.25. The molecule has 1 aliphatic carbocycles. The average Bonchev–Trinajstić information content (AvgIpc) is 3.29. The summed E-state index contributed by atoms with van der Waals surface area (Å²) in [6.45, 7) is 1.91. The van der Waals surface area contributed by atoms with Crippen LogP contribution in [0.3, 0.4) is 0 Å². The summed E-state index contributed by atoms with van der Waals surface area (Å²) in [5.41, 5.74) is 2.73. The molecule has 2 N–H and O–H groups in total. The molecule has 2 amide bonds. The topological polar surface area (TPSA) is 127 Å². The molecule has 0 bridgehead atoms. The van der Waals surface area contributed by atoms with E-state index in [1.165, 1.54) is 36.4 Å². The van der Waals surface area contributed by atoms with Crippen LogP contribution in [-0.2, 0) is 14.6 Å². The Morgan fingerprint density at radius 3 is 2.67 bits per heavy atom. The maximum atomic E-state index is 13.5. The Morgan fingerprint density at radius 2 is 1.97 bits per heavy atom. The zero-order valence-corrected chi connectivity index (χ0v) is 22.9. The summed E-state index contributed by atoms with van der Waals surface area (Å²) in [4.78, 5) is 25.0. The third-order valence-corrected chi connectivity index (χ3v) is 8.70. The number of furan rings is 1. The van der Waals surface area contributed by atoms with Crippen molar-refractivity contribution in [1.29, 1.82) is 0 Å². The maximum Gasteiger partial charge on any atom is 0.428 e. The highest BCUT2D eigenvalue weighted by Crippen LogP contribution is 2.41. The fourth-order valence-corrected chi connectivity index (χ4v) is 6.36. The van der Waals surface area contributed by atoms with E-state index in [9.17, 15) is 22.4 Å². The van der Waals surface area contributed by atoms with Crippen LogP contribution in [0.25, 0.3) is 11.0 Å². The van der Waals surface area contributed by atoms with Gasteiger partial charge in [0.15, 0.2) is 21.2 Å². The molecule has 3 aromatic rings. The van der Waals surface area contributed by atoms with Crippen LogP contribution >= 0.6 is 11.6 Å². The molecular weight excluding hydrogens is 549 g/mol. The number of rotatable bonds is 6. The van der Waals surface area contributed by atoms with Crippen LogP contribution < -0.4 is 10.7 Å². The van der Waals surface area contributed by atoms with Crippen molar-refractivity contribution in [3.05, 3.63) is 64.6 Å². The van der Waals surface area contributed by atoms with E-state index in [1.54, 1.807) is 6.07 Å². The van der Waals surface area contributed by atoms with Crippen LogP contribution in [0.4, 0.5) is 9.18 Å². The lowest BCUT2D eigenvalue weighted by atomic mass is 9.73. The summed E-state index contributed by atoms with van der Waals surface area (Å²) in [5.74, 6) is -0.417. The number of sulfone groups is 1. The molecule has 1 aliphatic heterocycles. The Morgan fingerprint density at radius 1 is 1.23 bits per heavy atom. The number of carbonyl (C=O) groups excluding carboxylic acids is 2. The van der Waals surface area contributed by atoms with Gasteiger partial charge in [-0.2, -0.15) is 5.10 Å². The van der Waals surface area contributed by atoms with Crippen LogP contribution in [0.2, 0.25) is 5.02 Å². The number of nitrogens with one attached hydrogen (secondary N) is 2. The molecule has 2 aromatic carbocycles. The van der Waals surface area contributed by atoms with Crippen molar-refractivity contribution in [2.75, 3.05) is 6.26 Å². The Hall–Kier alpha value is -3.44. The average molecular weight is 576 g/mol. The van der Waals surface area contributed by atoms with Gasteiger partial charge in [0.05, 0.1) is 9.92 Å². The summed E-state index contributed by atoms with van der Waals surface area (Å²) in [5, 5.41) is 7.92. The number of hydrogen-bond acceptors (Lipinski definition) is 7. The van der Waals surface area contributed by atoms with Gasteiger partial charge in [0.1, 0.15) is 17.1 Å². The molecule has 1 saturated carbocycles.